The highest BCUT2D eigenvalue weighted by Crippen LogP contribution is 2.22. The summed E-state index contributed by atoms with van der Waals surface area (Å²) in [5, 5.41) is 0.733. The van der Waals surface area contributed by atoms with Crippen molar-refractivity contribution in [3.63, 3.8) is 0 Å². The fourth-order valence-electron chi connectivity index (χ4n) is 1.36. The first-order valence-corrected chi connectivity index (χ1v) is 6.03. The molecule has 0 fully saturated rings. The minimum atomic E-state index is -0.0466. The Kier molecular flexibility index (Phi) is 5.26. The summed E-state index contributed by atoms with van der Waals surface area (Å²) in [6.07, 6.45) is 0.152. The van der Waals surface area contributed by atoms with Crippen molar-refractivity contribution in [3.05, 3.63) is 34.9 Å². The largest absolute Gasteiger partial charge is 0.369 e. The Hall–Kier alpha value is -0.570. The minimum absolute atomic E-state index is 0.0466. The van der Waals surface area contributed by atoms with Gasteiger partial charge in [0.05, 0.1) is 12.2 Å². The van der Waals surface area contributed by atoms with Gasteiger partial charge in [0.1, 0.15) is 0 Å². The number of benzene rings is 1. The molecule has 1 rings (SSSR count). The second-order valence-electron chi connectivity index (χ2n) is 4.36. The van der Waals surface area contributed by atoms with Gasteiger partial charge in [0.25, 0.3) is 0 Å². The molecule has 0 aliphatic heterocycles. The third-order valence-corrected chi connectivity index (χ3v) is 3.03. The Morgan fingerprint density at radius 3 is 2.19 bits per heavy atom. The van der Waals surface area contributed by atoms with Crippen LogP contribution in [0, 0.1) is 5.92 Å². The maximum absolute atomic E-state index is 5.92. The lowest BCUT2D eigenvalue weighted by molar-refractivity contribution is -0.0220. The fraction of sp³-hybridized carbons (Fsp3) is 0.538. The van der Waals surface area contributed by atoms with Gasteiger partial charge in [-0.2, -0.15) is 0 Å². The molecule has 0 aliphatic carbocycles. The second-order valence-corrected chi connectivity index (χ2v) is 4.80. The van der Waals surface area contributed by atoms with E-state index in [9.17, 15) is 0 Å². The number of halogens is 1. The lowest BCUT2D eigenvalue weighted by Gasteiger charge is -2.24. The predicted molar refractivity (Wildman–Crippen MR) is 68.6 cm³/mol. The summed E-state index contributed by atoms with van der Waals surface area (Å²) in [6, 6.07) is 7.66. The zero-order chi connectivity index (χ0) is 12.1. The van der Waals surface area contributed by atoms with Gasteiger partial charge in [-0.15, -0.1) is 0 Å². The van der Waals surface area contributed by atoms with E-state index in [4.69, 9.17) is 22.1 Å². The fourth-order valence-corrected chi connectivity index (χ4v) is 1.49. The summed E-state index contributed by atoms with van der Waals surface area (Å²) in [6.45, 7) is 6.84. The molecule has 1 aromatic rings. The van der Waals surface area contributed by atoms with E-state index in [0.717, 1.165) is 10.6 Å². The Bertz CT molecular complexity index is 310. The Morgan fingerprint density at radius 2 is 1.75 bits per heavy atom. The van der Waals surface area contributed by atoms with Gasteiger partial charge < -0.3 is 10.5 Å². The highest BCUT2D eigenvalue weighted by molar-refractivity contribution is 6.30. The van der Waals surface area contributed by atoms with E-state index < -0.39 is 0 Å². The molecule has 0 radical (unpaired) electrons. The molecule has 90 valence electrons. The van der Waals surface area contributed by atoms with Crippen molar-refractivity contribution < 1.29 is 4.74 Å². The van der Waals surface area contributed by atoms with E-state index in [1.165, 1.54) is 0 Å². The number of hydrogen-bond acceptors (Lipinski definition) is 2. The van der Waals surface area contributed by atoms with Crippen LogP contribution in [0.2, 0.25) is 5.02 Å². The van der Waals surface area contributed by atoms with Crippen molar-refractivity contribution in [2.45, 2.75) is 33.0 Å². The van der Waals surface area contributed by atoms with Crippen molar-refractivity contribution in [3.8, 4) is 0 Å². The van der Waals surface area contributed by atoms with Crippen molar-refractivity contribution >= 4 is 11.6 Å². The van der Waals surface area contributed by atoms with E-state index in [0.29, 0.717) is 12.5 Å². The Balaban J connectivity index is 2.70. The van der Waals surface area contributed by atoms with Crippen molar-refractivity contribution in [2.24, 2.45) is 11.7 Å². The molecule has 2 nitrogen and oxygen atoms in total. The highest BCUT2D eigenvalue weighted by atomic mass is 35.5. The monoisotopic (exact) mass is 241 g/mol. The van der Waals surface area contributed by atoms with Gasteiger partial charge in [0, 0.05) is 11.6 Å². The van der Waals surface area contributed by atoms with E-state index in [1.54, 1.807) is 0 Å². The van der Waals surface area contributed by atoms with Crippen LogP contribution in [0.5, 0.6) is 0 Å². The molecule has 16 heavy (non-hydrogen) atoms. The van der Waals surface area contributed by atoms with E-state index in [2.05, 4.69) is 20.8 Å². The summed E-state index contributed by atoms with van der Waals surface area (Å²) >= 11 is 5.84. The zero-order valence-electron chi connectivity index (χ0n) is 10.1. The third kappa shape index (κ3) is 3.78. The van der Waals surface area contributed by atoms with Crippen LogP contribution in [-0.2, 0) is 4.74 Å². The van der Waals surface area contributed by atoms with Crippen molar-refractivity contribution in [1.82, 2.24) is 0 Å². The zero-order valence-corrected chi connectivity index (χ0v) is 10.9. The standard InChI is InChI=1S/C13H20ClNO/c1-9(2)10(3)16-13(8-15)11-4-6-12(14)7-5-11/h4-7,9-10,13H,8,15H2,1-3H3. The van der Waals surface area contributed by atoms with Gasteiger partial charge in [0.2, 0.25) is 0 Å². The van der Waals surface area contributed by atoms with Crippen LogP contribution in [0.1, 0.15) is 32.4 Å². The lowest BCUT2D eigenvalue weighted by Crippen LogP contribution is -2.24. The maximum Gasteiger partial charge on any atom is 0.0950 e. The van der Waals surface area contributed by atoms with E-state index >= 15 is 0 Å². The molecule has 0 heterocycles. The van der Waals surface area contributed by atoms with Crippen LogP contribution in [0.25, 0.3) is 0 Å². The van der Waals surface area contributed by atoms with Crippen LogP contribution in [0.3, 0.4) is 0 Å². The molecular formula is C13H20ClNO. The van der Waals surface area contributed by atoms with Gasteiger partial charge >= 0.3 is 0 Å². The van der Waals surface area contributed by atoms with E-state index in [-0.39, 0.29) is 12.2 Å². The minimum Gasteiger partial charge on any atom is -0.369 e. The van der Waals surface area contributed by atoms with Gasteiger partial charge in [-0.1, -0.05) is 37.6 Å². The maximum atomic E-state index is 5.92. The van der Waals surface area contributed by atoms with Gasteiger partial charge in [0.15, 0.2) is 0 Å². The number of ether oxygens (including phenoxy) is 1. The van der Waals surface area contributed by atoms with E-state index in [1.807, 2.05) is 24.3 Å². The SMILES string of the molecule is CC(C)C(C)OC(CN)c1ccc(Cl)cc1. The molecular weight excluding hydrogens is 222 g/mol. The number of rotatable bonds is 5. The summed E-state index contributed by atoms with van der Waals surface area (Å²) in [7, 11) is 0. The summed E-state index contributed by atoms with van der Waals surface area (Å²) in [5.74, 6) is 0.487. The van der Waals surface area contributed by atoms with Crippen LogP contribution in [0.15, 0.2) is 24.3 Å². The molecule has 0 amide bonds. The summed E-state index contributed by atoms with van der Waals surface area (Å²) in [4.78, 5) is 0. The number of hydrogen-bond donors (Lipinski definition) is 1. The van der Waals surface area contributed by atoms with Gasteiger partial charge in [-0.25, -0.2) is 0 Å². The highest BCUT2D eigenvalue weighted by Gasteiger charge is 2.16. The molecule has 0 saturated carbocycles. The lowest BCUT2D eigenvalue weighted by atomic mass is 10.1. The predicted octanol–water partition coefficient (Wildman–Crippen LogP) is 3.40. The average Bonchev–Trinajstić information content (AvgIpc) is 2.26. The molecule has 2 unspecified atom stereocenters. The van der Waals surface area contributed by atoms with Crippen LogP contribution in [-0.4, -0.2) is 12.6 Å². The number of nitrogens with two attached hydrogens (primary N) is 1. The molecule has 0 saturated heterocycles. The molecule has 0 aliphatic rings. The van der Waals surface area contributed by atoms with Crippen LogP contribution >= 0.6 is 11.6 Å². The average molecular weight is 242 g/mol. The molecule has 2 atom stereocenters. The third-order valence-electron chi connectivity index (χ3n) is 2.77. The molecule has 0 aromatic heterocycles. The molecule has 1 aromatic carbocycles. The first kappa shape index (κ1) is 13.5. The molecule has 0 spiro atoms. The quantitative estimate of drug-likeness (QED) is 0.858. The van der Waals surface area contributed by atoms with Gasteiger partial charge in [-0.05, 0) is 30.5 Å². The first-order valence-electron chi connectivity index (χ1n) is 5.65. The van der Waals surface area contributed by atoms with Crippen LogP contribution < -0.4 is 5.73 Å². The van der Waals surface area contributed by atoms with Crippen LogP contribution in [0.4, 0.5) is 0 Å². The second kappa shape index (κ2) is 6.24. The Morgan fingerprint density at radius 1 is 1.19 bits per heavy atom. The van der Waals surface area contributed by atoms with Crippen molar-refractivity contribution in [2.75, 3.05) is 6.54 Å². The summed E-state index contributed by atoms with van der Waals surface area (Å²) < 4.78 is 5.92. The first-order chi connectivity index (χ1) is 7.54. The normalized spacial score (nSPS) is 15.1. The topological polar surface area (TPSA) is 35.2 Å². The molecule has 2 N–H and O–H groups in total. The summed E-state index contributed by atoms with van der Waals surface area (Å²) in [5.41, 5.74) is 6.82. The Labute approximate surface area is 103 Å². The van der Waals surface area contributed by atoms with Crippen molar-refractivity contribution in [1.29, 1.82) is 0 Å². The molecule has 3 heteroatoms. The molecule has 0 bridgehead atoms. The van der Waals surface area contributed by atoms with Gasteiger partial charge in [-0.3, -0.25) is 0 Å². The smallest absolute Gasteiger partial charge is 0.0950 e.